The molecule has 6 nitrogen and oxygen atoms in total. The van der Waals surface area contributed by atoms with Gasteiger partial charge in [-0.1, -0.05) is 6.07 Å². The molecule has 1 aliphatic rings. The molecule has 0 spiro atoms. The van der Waals surface area contributed by atoms with Crippen LogP contribution in [0.25, 0.3) is 0 Å². The molecular weight excluding hydrogens is 258 g/mol. The summed E-state index contributed by atoms with van der Waals surface area (Å²) in [4.78, 5) is 22.4. The van der Waals surface area contributed by atoms with Crippen LogP contribution in [0, 0.1) is 0 Å². The monoisotopic (exact) mass is 273 g/mol. The van der Waals surface area contributed by atoms with Gasteiger partial charge in [0.05, 0.1) is 19.5 Å². The molecule has 0 bridgehead atoms. The molecule has 0 N–H and O–H groups in total. The van der Waals surface area contributed by atoms with E-state index in [-0.39, 0.29) is 5.91 Å². The first-order valence-electron chi connectivity index (χ1n) is 6.40. The minimum Gasteiger partial charge on any atom is -0.441 e. The van der Waals surface area contributed by atoms with Crippen LogP contribution in [-0.2, 0) is 35.6 Å². The summed E-state index contributed by atoms with van der Waals surface area (Å²) in [6, 6.07) is 5.56. The molecular formula is C14H15N3O3. The molecule has 3 rings (SSSR count). The number of carbonyl (C=O) groups is 1. The third kappa shape index (κ3) is 2.55. The summed E-state index contributed by atoms with van der Waals surface area (Å²) in [6.45, 7) is 1.32. The lowest BCUT2D eigenvalue weighted by Gasteiger charge is -2.14. The van der Waals surface area contributed by atoms with Crippen molar-refractivity contribution in [2.75, 3.05) is 7.11 Å². The van der Waals surface area contributed by atoms with Crippen molar-refractivity contribution in [3.63, 3.8) is 0 Å². The molecule has 6 heteroatoms. The zero-order chi connectivity index (χ0) is 13.9. The van der Waals surface area contributed by atoms with Crippen LogP contribution < -0.4 is 0 Å². The van der Waals surface area contributed by atoms with E-state index < -0.39 is 0 Å². The van der Waals surface area contributed by atoms with Crippen LogP contribution in [0.15, 0.2) is 28.8 Å². The number of methoxy groups -OCH3 is 1. The molecule has 0 saturated carbocycles. The Hall–Kier alpha value is -2.21. The van der Waals surface area contributed by atoms with Crippen molar-refractivity contribution >= 4 is 5.91 Å². The van der Waals surface area contributed by atoms with E-state index in [1.165, 1.54) is 0 Å². The molecule has 2 aromatic heterocycles. The smallest absolute Gasteiger partial charge is 0.229 e. The molecule has 1 aliphatic heterocycles. The Kier molecular flexibility index (Phi) is 3.47. The minimum atomic E-state index is 0.0326. The number of aromatic nitrogens is 2. The first-order chi connectivity index (χ1) is 9.76. The predicted octanol–water partition coefficient (Wildman–Crippen LogP) is 1.30. The van der Waals surface area contributed by atoms with Gasteiger partial charge in [0.2, 0.25) is 11.8 Å². The standard InChI is InChI=1S/C14H15N3O3/c1-19-9-13-16-11-7-17(8-12(11)20-13)14(18)6-10-4-2-3-5-15-10/h2-5H,6-9H2,1H3. The Balaban J connectivity index is 1.63. The topological polar surface area (TPSA) is 68.5 Å². The summed E-state index contributed by atoms with van der Waals surface area (Å²) in [5.74, 6) is 1.35. The fourth-order valence-corrected chi connectivity index (χ4v) is 2.22. The van der Waals surface area contributed by atoms with Crippen LogP contribution in [0.4, 0.5) is 0 Å². The lowest BCUT2D eigenvalue weighted by molar-refractivity contribution is -0.131. The average molecular weight is 273 g/mol. The maximum absolute atomic E-state index is 12.2. The normalized spacial score (nSPS) is 13.6. The summed E-state index contributed by atoms with van der Waals surface area (Å²) >= 11 is 0. The summed E-state index contributed by atoms with van der Waals surface area (Å²) in [6.07, 6.45) is 1.99. The van der Waals surface area contributed by atoms with Gasteiger partial charge in [0.15, 0.2) is 0 Å². The largest absolute Gasteiger partial charge is 0.441 e. The van der Waals surface area contributed by atoms with Gasteiger partial charge in [-0.2, -0.15) is 0 Å². The van der Waals surface area contributed by atoms with Gasteiger partial charge in [-0.15, -0.1) is 0 Å². The molecule has 0 atom stereocenters. The SMILES string of the molecule is COCc1nc2c(o1)CN(C(=O)Cc1ccccn1)C2. The van der Waals surface area contributed by atoms with Crippen LogP contribution >= 0.6 is 0 Å². The van der Waals surface area contributed by atoms with Gasteiger partial charge in [0.25, 0.3) is 0 Å². The highest BCUT2D eigenvalue weighted by molar-refractivity contribution is 5.78. The highest BCUT2D eigenvalue weighted by Crippen LogP contribution is 2.24. The molecule has 3 heterocycles. The molecule has 2 aromatic rings. The second kappa shape index (κ2) is 5.42. The zero-order valence-electron chi connectivity index (χ0n) is 11.2. The average Bonchev–Trinajstić information content (AvgIpc) is 2.98. The molecule has 104 valence electrons. The highest BCUT2D eigenvalue weighted by Gasteiger charge is 2.28. The third-order valence-corrected chi connectivity index (χ3v) is 3.18. The lowest BCUT2D eigenvalue weighted by atomic mass is 10.2. The van der Waals surface area contributed by atoms with Gasteiger partial charge in [-0.3, -0.25) is 9.78 Å². The van der Waals surface area contributed by atoms with E-state index >= 15 is 0 Å². The van der Waals surface area contributed by atoms with Gasteiger partial charge < -0.3 is 14.1 Å². The van der Waals surface area contributed by atoms with Crippen LogP contribution in [-0.4, -0.2) is 27.9 Å². The number of fused-ring (bicyclic) bond motifs is 1. The number of rotatable bonds is 4. The van der Waals surface area contributed by atoms with Crippen LogP contribution in [0.5, 0.6) is 0 Å². The van der Waals surface area contributed by atoms with E-state index in [0.29, 0.717) is 32.0 Å². The lowest BCUT2D eigenvalue weighted by Crippen LogP contribution is -2.27. The van der Waals surface area contributed by atoms with Crippen molar-refractivity contribution in [2.24, 2.45) is 0 Å². The molecule has 0 radical (unpaired) electrons. The van der Waals surface area contributed by atoms with Gasteiger partial charge in [-0.05, 0) is 12.1 Å². The highest BCUT2D eigenvalue weighted by atomic mass is 16.5. The number of oxazole rings is 1. The summed E-state index contributed by atoms with van der Waals surface area (Å²) in [7, 11) is 1.60. The van der Waals surface area contributed by atoms with Crippen molar-refractivity contribution in [3.8, 4) is 0 Å². The molecule has 0 saturated heterocycles. The van der Waals surface area contributed by atoms with E-state index in [1.54, 1.807) is 18.2 Å². The molecule has 0 fully saturated rings. The van der Waals surface area contributed by atoms with Gasteiger partial charge in [0.1, 0.15) is 18.1 Å². The van der Waals surface area contributed by atoms with Crippen molar-refractivity contribution < 1.29 is 13.9 Å². The molecule has 1 amide bonds. The van der Waals surface area contributed by atoms with Crippen molar-refractivity contribution in [3.05, 3.63) is 47.4 Å². The number of carbonyl (C=O) groups excluding carboxylic acids is 1. The maximum atomic E-state index is 12.2. The molecule has 0 unspecified atom stereocenters. The first kappa shape index (κ1) is 12.8. The molecule has 0 aromatic carbocycles. The second-order valence-corrected chi connectivity index (χ2v) is 4.66. The summed E-state index contributed by atoms with van der Waals surface area (Å²) < 4.78 is 10.5. The third-order valence-electron chi connectivity index (χ3n) is 3.18. The van der Waals surface area contributed by atoms with E-state index in [9.17, 15) is 4.79 Å². The zero-order valence-corrected chi connectivity index (χ0v) is 11.2. The first-order valence-corrected chi connectivity index (χ1v) is 6.40. The minimum absolute atomic E-state index is 0.0326. The van der Waals surface area contributed by atoms with Crippen LogP contribution in [0.1, 0.15) is 23.0 Å². The fourth-order valence-electron chi connectivity index (χ4n) is 2.22. The van der Waals surface area contributed by atoms with E-state index in [2.05, 4.69) is 9.97 Å². The number of hydrogen-bond acceptors (Lipinski definition) is 5. The maximum Gasteiger partial charge on any atom is 0.229 e. The molecule has 20 heavy (non-hydrogen) atoms. The van der Waals surface area contributed by atoms with E-state index in [4.69, 9.17) is 9.15 Å². The fraction of sp³-hybridized carbons (Fsp3) is 0.357. The molecule has 0 aliphatic carbocycles. The Morgan fingerprint density at radius 2 is 2.35 bits per heavy atom. The summed E-state index contributed by atoms with van der Waals surface area (Å²) in [5, 5.41) is 0. The number of nitrogens with zero attached hydrogens (tertiary/aromatic N) is 3. The van der Waals surface area contributed by atoms with E-state index in [0.717, 1.165) is 17.1 Å². The Morgan fingerprint density at radius 1 is 1.45 bits per heavy atom. The second-order valence-electron chi connectivity index (χ2n) is 4.66. The van der Waals surface area contributed by atoms with Crippen LogP contribution in [0.3, 0.4) is 0 Å². The Morgan fingerprint density at radius 3 is 3.05 bits per heavy atom. The van der Waals surface area contributed by atoms with Crippen molar-refractivity contribution in [1.29, 1.82) is 0 Å². The number of hydrogen-bond donors (Lipinski definition) is 0. The quantitative estimate of drug-likeness (QED) is 0.840. The Labute approximate surface area is 116 Å². The van der Waals surface area contributed by atoms with E-state index in [1.807, 2.05) is 18.2 Å². The van der Waals surface area contributed by atoms with Gasteiger partial charge in [-0.25, -0.2) is 4.98 Å². The van der Waals surface area contributed by atoms with Gasteiger partial charge >= 0.3 is 0 Å². The van der Waals surface area contributed by atoms with Crippen LogP contribution in [0.2, 0.25) is 0 Å². The predicted molar refractivity (Wildman–Crippen MR) is 69.4 cm³/mol. The number of amides is 1. The van der Waals surface area contributed by atoms with Gasteiger partial charge in [0, 0.05) is 19.0 Å². The van der Waals surface area contributed by atoms with Crippen molar-refractivity contribution in [2.45, 2.75) is 26.1 Å². The summed E-state index contributed by atoms with van der Waals surface area (Å²) in [5.41, 5.74) is 1.60. The number of pyridine rings is 1. The van der Waals surface area contributed by atoms with Crippen molar-refractivity contribution in [1.82, 2.24) is 14.9 Å². The number of ether oxygens (including phenoxy) is 1. The Bertz CT molecular complexity index is 586.